The molecular formula is C14H16N4S. The highest BCUT2D eigenvalue weighted by molar-refractivity contribution is 7.99. The number of aromatic nitrogens is 3. The van der Waals surface area contributed by atoms with E-state index in [4.69, 9.17) is 5.26 Å². The van der Waals surface area contributed by atoms with E-state index in [1.165, 1.54) is 0 Å². The van der Waals surface area contributed by atoms with Gasteiger partial charge in [0.1, 0.15) is 0 Å². The van der Waals surface area contributed by atoms with Gasteiger partial charge in [-0.15, -0.1) is 5.10 Å². The van der Waals surface area contributed by atoms with Gasteiger partial charge in [0.15, 0.2) is 0 Å². The first-order valence-electron chi connectivity index (χ1n) is 6.27. The van der Waals surface area contributed by atoms with Crippen LogP contribution >= 0.6 is 11.8 Å². The molecule has 0 amide bonds. The second-order valence-electron chi connectivity index (χ2n) is 4.20. The topological polar surface area (TPSA) is 54.5 Å². The van der Waals surface area contributed by atoms with E-state index in [0.717, 1.165) is 23.6 Å². The molecule has 0 saturated heterocycles. The van der Waals surface area contributed by atoms with Gasteiger partial charge in [0.2, 0.25) is 0 Å². The van der Waals surface area contributed by atoms with Gasteiger partial charge >= 0.3 is 0 Å². The molecule has 98 valence electrons. The van der Waals surface area contributed by atoms with E-state index in [1.54, 1.807) is 4.68 Å². The molecule has 1 aromatic heterocycles. The maximum absolute atomic E-state index is 8.49. The lowest BCUT2D eigenvalue weighted by Crippen LogP contribution is -1.93. The summed E-state index contributed by atoms with van der Waals surface area (Å²) in [5, 5.41) is 17.2. The predicted molar refractivity (Wildman–Crippen MR) is 77.1 cm³/mol. The minimum absolute atomic E-state index is 0.302. The third-order valence-corrected chi connectivity index (χ3v) is 4.01. The van der Waals surface area contributed by atoms with Crippen LogP contribution in [0.5, 0.6) is 0 Å². The molecular weight excluding hydrogens is 256 g/mol. The van der Waals surface area contributed by atoms with E-state index in [2.05, 4.69) is 23.3 Å². The molecule has 0 aliphatic rings. The normalized spacial score (nSPS) is 12.0. The Morgan fingerprint density at radius 3 is 2.89 bits per heavy atom. The first-order valence-corrected chi connectivity index (χ1v) is 7.32. The van der Waals surface area contributed by atoms with Crippen molar-refractivity contribution in [3.05, 3.63) is 42.2 Å². The summed E-state index contributed by atoms with van der Waals surface area (Å²) in [6.45, 7) is 2.12. The van der Waals surface area contributed by atoms with Crippen molar-refractivity contribution in [1.82, 2.24) is 15.0 Å². The van der Waals surface area contributed by atoms with Crippen LogP contribution < -0.4 is 0 Å². The Morgan fingerprint density at radius 2 is 2.16 bits per heavy atom. The zero-order valence-electron chi connectivity index (χ0n) is 10.9. The SMILES string of the molecule is C[C@H](SCCCC#N)c1cn(-c2ccccc2)nn1. The number of nitrogens with zero attached hydrogens (tertiary/aromatic N) is 4. The molecule has 0 spiro atoms. The van der Waals surface area contributed by atoms with Gasteiger partial charge in [0.25, 0.3) is 0 Å². The summed E-state index contributed by atoms with van der Waals surface area (Å²) in [6.07, 6.45) is 3.52. The van der Waals surface area contributed by atoms with Crippen molar-refractivity contribution in [2.75, 3.05) is 5.75 Å². The largest absolute Gasteiger partial charge is 0.220 e. The lowest BCUT2D eigenvalue weighted by Gasteiger charge is -2.06. The Labute approximate surface area is 117 Å². The predicted octanol–water partition coefficient (Wildman–Crippen LogP) is 3.37. The molecule has 4 nitrogen and oxygen atoms in total. The van der Waals surface area contributed by atoms with Gasteiger partial charge in [-0.25, -0.2) is 4.68 Å². The van der Waals surface area contributed by atoms with Gasteiger partial charge in [-0.3, -0.25) is 0 Å². The highest BCUT2D eigenvalue weighted by Crippen LogP contribution is 2.27. The second kappa shape index (κ2) is 6.95. The van der Waals surface area contributed by atoms with Crippen LogP contribution in [0.2, 0.25) is 0 Å². The molecule has 0 bridgehead atoms. The fraction of sp³-hybridized carbons (Fsp3) is 0.357. The zero-order chi connectivity index (χ0) is 13.5. The van der Waals surface area contributed by atoms with Crippen molar-refractivity contribution in [1.29, 1.82) is 5.26 Å². The molecule has 1 heterocycles. The third-order valence-electron chi connectivity index (χ3n) is 2.75. The average Bonchev–Trinajstić information content (AvgIpc) is 2.94. The highest BCUT2D eigenvalue weighted by Gasteiger charge is 2.10. The summed E-state index contributed by atoms with van der Waals surface area (Å²) >= 11 is 1.81. The fourth-order valence-corrected chi connectivity index (χ4v) is 2.61. The molecule has 1 aromatic carbocycles. The lowest BCUT2D eigenvalue weighted by atomic mass is 10.3. The van der Waals surface area contributed by atoms with Crippen LogP contribution in [0, 0.1) is 11.3 Å². The summed E-state index contributed by atoms with van der Waals surface area (Å²) in [6, 6.07) is 12.1. The van der Waals surface area contributed by atoms with E-state index in [0.29, 0.717) is 11.7 Å². The molecule has 2 rings (SSSR count). The van der Waals surface area contributed by atoms with Crippen LogP contribution in [0.3, 0.4) is 0 Å². The quantitative estimate of drug-likeness (QED) is 0.757. The molecule has 0 aliphatic carbocycles. The van der Waals surface area contributed by atoms with E-state index >= 15 is 0 Å². The molecule has 5 heteroatoms. The van der Waals surface area contributed by atoms with Crippen LogP contribution in [-0.2, 0) is 0 Å². The van der Waals surface area contributed by atoms with Gasteiger partial charge in [0.05, 0.1) is 23.6 Å². The van der Waals surface area contributed by atoms with Crippen LogP contribution in [0.15, 0.2) is 36.5 Å². The number of benzene rings is 1. The molecule has 19 heavy (non-hydrogen) atoms. The standard InChI is InChI=1S/C14H16N4S/c1-12(19-10-6-5-9-15)14-11-18(17-16-14)13-7-3-2-4-8-13/h2-4,7-8,11-12H,5-6,10H2,1H3/t12-/m0/s1. The maximum Gasteiger partial charge on any atom is 0.0958 e. The molecule has 0 saturated carbocycles. The molecule has 0 aliphatic heterocycles. The summed E-state index contributed by atoms with van der Waals surface area (Å²) in [7, 11) is 0. The summed E-state index contributed by atoms with van der Waals surface area (Å²) < 4.78 is 1.79. The van der Waals surface area contributed by atoms with E-state index in [9.17, 15) is 0 Å². The Kier molecular flexibility index (Phi) is 4.99. The van der Waals surface area contributed by atoms with Crippen LogP contribution in [0.25, 0.3) is 5.69 Å². The molecule has 0 fully saturated rings. The summed E-state index contributed by atoms with van der Waals surface area (Å²) in [4.78, 5) is 0. The van der Waals surface area contributed by atoms with Crippen LogP contribution in [0.1, 0.15) is 30.7 Å². The first-order chi connectivity index (χ1) is 9.31. The molecule has 1 atom stereocenters. The minimum Gasteiger partial charge on any atom is -0.220 e. The number of thioether (sulfide) groups is 1. The van der Waals surface area contributed by atoms with Gasteiger partial charge in [-0.05, 0) is 31.2 Å². The maximum atomic E-state index is 8.49. The minimum atomic E-state index is 0.302. The summed E-state index contributed by atoms with van der Waals surface area (Å²) in [5.41, 5.74) is 1.99. The third kappa shape index (κ3) is 3.83. The van der Waals surface area contributed by atoms with E-state index in [-0.39, 0.29) is 0 Å². The molecule has 2 aromatic rings. The summed E-state index contributed by atoms with van der Waals surface area (Å²) in [5.74, 6) is 0.979. The number of rotatable bonds is 6. The molecule has 0 radical (unpaired) electrons. The van der Waals surface area contributed by atoms with Gasteiger partial charge in [-0.2, -0.15) is 17.0 Å². The van der Waals surface area contributed by atoms with E-state index < -0.39 is 0 Å². The van der Waals surface area contributed by atoms with Crippen molar-refractivity contribution in [3.63, 3.8) is 0 Å². The van der Waals surface area contributed by atoms with Crippen molar-refractivity contribution >= 4 is 11.8 Å². The molecule has 0 N–H and O–H groups in total. The second-order valence-corrected chi connectivity index (χ2v) is 5.65. The smallest absolute Gasteiger partial charge is 0.0958 e. The van der Waals surface area contributed by atoms with Gasteiger partial charge in [-0.1, -0.05) is 23.4 Å². The number of hydrogen-bond acceptors (Lipinski definition) is 4. The van der Waals surface area contributed by atoms with Crippen molar-refractivity contribution < 1.29 is 0 Å². The van der Waals surface area contributed by atoms with Crippen molar-refractivity contribution in [2.45, 2.75) is 25.0 Å². The number of unbranched alkanes of at least 4 members (excludes halogenated alkanes) is 1. The Morgan fingerprint density at radius 1 is 1.37 bits per heavy atom. The Balaban J connectivity index is 1.95. The molecule has 0 unspecified atom stereocenters. The Bertz CT molecular complexity index is 544. The first kappa shape index (κ1) is 13.6. The van der Waals surface area contributed by atoms with Crippen molar-refractivity contribution in [3.8, 4) is 11.8 Å². The van der Waals surface area contributed by atoms with Crippen molar-refractivity contribution in [2.24, 2.45) is 0 Å². The number of nitriles is 1. The highest BCUT2D eigenvalue weighted by atomic mass is 32.2. The van der Waals surface area contributed by atoms with Gasteiger partial charge in [0, 0.05) is 11.7 Å². The monoisotopic (exact) mass is 272 g/mol. The van der Waals surface area contributed by atoms with E-state index in [1.807, 2.05) is 48.3 Å². The Hall–Kier alpha value is -1.80. The zero-order valence-corrected chi connectivity index (χ0v) is 11.7. The number of para-hydroxylation sites is 1. The van der Waals surface area contributed by atoms with Crippen LogP contribution in [0.4, 0.5) is 0 Å². The number of hydrogen-bond donors (Lipinski definition) is 0. The fourth-order valence-electron chi connectivity index (χ4n) is 1.67. The van der Waals surface area contributed by atoms with Crippen LogP contribution in [-0.4, -0.2) is 20.7 Å². The van der Waals surface area contributed by atoms with Gasteiger partial charge < -0.3 is 0 Å². The lowest BCUT2D eigenvalue weighted by molar-refractivity contribution is 0.797. The average molecular weight is 272 g/mol.